The first-order valence-corrected chi connectivity index (χ1v) is 11.0. The summed E-state index contributed by atoms with van der Waals surface area (Å²) in [4.78, 5) is 0. The second-order valence-electron chi connectivity index (χ2n) is 5.12. The van der Waals surface area contributed by atoms with Crippen LogP contribution in [-0.2, 0) is 24.5 Å². The fraction of sp³-hybridized carbons (Fsp3) is 0.400. The van der Waals surface area contributed by atoms with Gasteiger partial charge in [0.1, 0.15) is 0 Å². The van der Waals surface area contributed by atoms with E-state index in [0.717, 1.165) is 14.0 Å². The van der Waals surface area contributed by atoms with Gasteiger partial charge in [0.15, 0.2) is 0 Å². The summed E-state index contributed by atoms with van der Waals surface area (Å²) in [7, 11) is 1.08. The molecule has 0 aliphatic rings. The molecule has 21 heavy (non-hydrogen) atoms. The number of hydrogen-bond donors (Lipinski definition) is 0. The molecule has 0 fully saturated rings. The second kappa shape index (κ2) is 13.9. The Morgan fingerprint density at radius 1 is 1.19 bits per heavy atom. The monoisotopic (exact) mass is 451 g/mol. The van der Waals surface area contributed by atoms with Gasteiger partial charge in [-0.25, -0.2) is 0 Å². The van der Waals surface area contributed by atoms with Crippen LogP contribution in [0.5, 0.6) is 0 Å². The minimum absolute atomic E-state index is 0.250. The Bertz CT molecular complexity index is 431. The molecule has 2 aromatic rings. The number of hydrogen-bond acceptors (Lipinski definition) is 0. The molecule has 116 valence electrons. The van der Waals surface area contributed by atoms with Crippen LogP contribution in [0.25, 0.3) is 16.5 Å². The molecule has 2 rings (SSSR count). The van der Waals surface area contributed by atoms with Crippen LogP contribution in [0.4, 0.5) is 5.25 Å². The van der Waals surface area contributed by atoms with Gasteiger partial charge >= 0.3 is 29.7 Å². The Morgan fingerprint density at radius 3 is 1.95 bits per heavy atom. The van der Waals surface area contributed by atoms with Crippen LogP contribution >= 0.6 is 15.9 Å². The Hall–Kier alpha value is 0.230. The van der Waals surface area contributed by atoms with E-state index in [9.17, 15) is 5.25 Å². The average molecular weight is 454 g/mol. The standard InChI is InChI=1S/C9H6Br.C4H10N.C2H6Si.2FH.Zr/c10-9-5-7-3-1-2-4-8(7)6-9;1-4(2,3)5;1-3-2;;;/h1-6H;5H,1-3H3;1-2H3;2*1H;/q2*-1;;;;+4/p-2. The zero-order valence-corrected chi connectivity index (χ0v) is 18.1. The maximum atomic E-state index is 9.80. The summed E-state index contributed by atoms with van der Waals surface area (Å²) in [5, 5.41) is 2.60. The van der Waals surface area contributed by atoms with Gasteiger partial charge in [-0.1, -0.05) is 60.3 Å². The van der Waals surface area contributed by atoms with Crippen molar-refractivity contribution in [2.75, 3.05) is 0 Å². The normalized spacial score (nSPS) is 9.19. The molecule has 0 saturated carbocycles. The van der Waals surface area contributed by atoms with Gasteiger partial charge in [-0.05, 0) is 0 Å². The molecule has 0 amide bonds. The molecular weight excluding hydrogens is 431 g/mol. The van der Waals surface area contributed by atoms with Crippen LogP contribution < -0.4 is 0 Å². The molecule has 6 heteroatoms. The Balaban J connectivity index is 0. The van der Waals surface area contributed by atoms with E-state index in [-0.39, 0.29) is 5.54 Å². The predicted octanol–water partition coefficient (Wildman–Crippen LogP) is 6.78. The van der Waals surface area contributed by atoms with Crippen LogP contribution in [-0.4, -0.2) is 15.1 Å². The number of rotatable bonds is 0. The van der Waals surface area contributed by atoms with E-state index in [1.54, 1.807) is 0 Å². The van der Waals surface area contributed by atoms with Crippen LogP contribution in [0.2, 0.25) is 13.1 Å². The Morgan fingerprint density at radius 2 is 1.57 bits per heavy atom. The summed E-state index contributed by atoms with van der Waals surface area (Å²) in [6.45, 7) is 9.87. The van der Waals surface area contributed by atoms with Gasteiger partial charge in [-0.3, -0.25) is 0 Å². The van der Waals surface area contributed by atoms with E-state index in [1.165, 1.54) is 10.8 Å². The summed E-state index contributed by atoms with van der Waals surface area (Å²) in [5.41, 5.74) is 6.69. The molecule has 0 aliphatic carbocycles. The van der Waals surface area contributed by atoms with E-state index in [0.29, 0.717) is 0 Å². The number of nitrogens with one attached hydrogen (secondary N) is 1. The van der Waals surface area contributed by atoms with Crippen molar-refractivity contribution >= 4 is 36.2 Å². The number of halogens is 3. The summed E-state index contributed by atoms with van der Waals surface area (Å²) in [5.74, 6) is 0. The molecule has 2 radical (unpaired) electrons. The number of benzene rings is 1. The van der Waals surface area contributed by atoms with Crippen molar-refractivity contribution in [2.45, 2.75) is 39.4 Å². The van der Waals surface area contributed by atoms with E-state index in [1.807, 2.05) is 20.8 Å². The van der Waals surface area contributed by atoms with Gasteiger partial charge in [0.05, 0.1) is 0 Å². The zero-order chi connectivity index (χ0) is 16.9. The zero-order valence-electron chi connectivity index (χ0n) is 13.1. The average Bonchev–Trinajstić information content (AvgIpc) is 2.68. The third-order valence-corrected chi connectivity index (χ3v) is 2.04. The second-order valence-corrected chi connectivity index (χ2v) is 7.39. The molecule has 0 heterocycles. The molecule has 0 spiro atoms. The quantitative estimate of drug-likeness (QED) is 0.310. The van der Waals surface area contributed by atoms with E-state index in [2.05, 4.69) is 65.4 Å². The molecule has 0 bridgehead atoms. The molecule has 2 aromatic carbocycles. The maximum absolute atomic E-state index is 9.80. The molecular formula is C15H22BrF2NSiZr. The van der Waals surface area contributed by atoms with E-state index < -0.39 is 24.5 Å². The van der Waals surface area contributed by atoms with Crippen molar-refractivity contribution in [2.24, 2.45) is 0 Å². The Kier molecular flexibility index (Phi) is 15.5. The van der Waals surface area contributed by atoms with Gasteiger partial charge in [-0.2, -0.15) is 6.07 Å². The SMILES string of the molecule is Brc1cc2ccccc2[cH-]1.CC(C)(C)[NH-].C[Si]C.[F][Zr+2][F]. The van der Waals surface area contributed by atoms with Crippen molar-refractivity contribution in [1.29, 1.82) is 0 Å². The van der Waals surface area contributed by atoms with Crippen LogP contribution in [0.1, 0.15) is 20.8 Å². The number of fused-ring (bicyclic) bond motifs is 1. The summed E-state index contributed by atoms with van der Waals surface area (Å²) in [6.07, 6.45) is 0. The predicted molar refractivity (Wildman–Crippen MR) is 91.0 cm³/mol. The third-order valence-electron chi connectivity index (χ3n) is 1.58. The third kappa shape index (κ3) is 18.2. The summed E-state index contributed by atoms with van der Waals surface area (Å²) in [6, 6.07) is 12.6. The molecule has 0 aromatic heterocycles. The summed E-state index contributed by atoms with van der Waals surface area (Å²) < 4.78 is 20.8. The van der Waals surface area contributed by atoms with Gasteiger partial charge in [0.2, 0.25) is 0 Å². The Labute approximate surface area is 151 Å². The van der Waals surface area contributed by atoms with Crippen molar-refractivity contribution < 1.29 is 29.7 Å². The topological polar surface area (TPSA) is 23.8 Å². The fourth-order valence-electron chi connectivity index (χ4n) is 1.11. The summed E-state index contributed by atoms with van der Waals surface area (Å²) >= 11 is 0.655. The van der Waals surface area contributed by atoms with Crippen LogP contribution in [0.15, 0.2) is 40.9 Å². The van der Waals surface area contributed by atoms with E-state index >= 15 is 0 Å². The van der Waals surface area contributed by atoms with Gasteiger partial charge in [0.25, 0.3) is 0 Å². The van der Waals surface area contributed by atoms with Crippen molar-refractivity contribution in [3.05, 3.63) is 46.6 Å². The van der Waals surface area contributed by atoms with Crippen molar-refractivity contribution in [1.82, 2.24) is 0 Å². The van der Waals surface area contributed by atoms with Crippen LogP contribution in [0.3, 0.4) is 0 Å². The van der Waals surface area contributed by atoms with Crippen molar-refractivity contribution in [3.8, 4) is 0 Å². The molecule has 0 aliphatic heterocycles. The first kappa shape index (κ1) is 23.5. The van der Waals surface area contributed by atoms with Crippen LogP contribution in [0, 0.1) is 0 Å². The molecule has 1 N–H and O–H groups in total. The first-order chi connectivity index (χ1) is 9.69. The first-order valence-electron chi connectivity index (χ1n) is 6.30. The molecule has 0 saturated heterocycles. The molecule has 0 atom stereocenters. The minimum atomic E-state index is -2.77. The van der Waals surface area contributed by atoms with Gasteiger partial charge in [0, 0.05) is 9.52 Å². The van der Waals surface area contributed by atoms with Gasteiger partial charge < -0.3 is 5.73 Å². The van der Waals surface area contributed by atoms with E-state index in [4.69, 9.17) is 5.73 Å². The van der Waals surface area contributed by atoms with Gasteiger partial charge in [-0.15, -0.1) is 40.6 Å². The fourth-order valence-corrected chi connectivity index (χ4v) is 1.61. The molecule has 1 nitrogen and oxygen atoms in total. The van der Waals surface area contributed by atoms with Crippen molar-refractivity contribution in [3.63, 3.8) is 0 Å². The molecule has 0 unspecified atom stereocenters.